The van der Waals surface area contributed by atoms with Gasteiger partial charge in [-0.3, -0.25) is 4.79 Å². The van der Waals surface area contributed by atoms with Crippen LogP contribution >= 0.6 is 22.9 Å². The quantitative estimate of drug-likeness (QED) is 0.668. The van der Waals surface area contributed by atoms with E-state index < -0.39 is 0 Å². The van der Waals surface area contributed by atoms with Gasteiger partial charge in [-0.05, 0) is 29.1 Å². The normalized spacial score (nSPS) is 14.7. The van der Waals surface area contributed by atoms with E-state index in [1.54, 1.807) is 11.3 Å². The molecular weight excluding hydrogens is 380 g/mol. The summed E-state index contributed by atoms with van der Waals surface area (Å²) < 4.78 is 0. The van der Waals surface area contributed by atoms with Gasteiger partial charge in [0.05, 0.1) is 11.8 Å². The largest absolute Gasteiger partial charge is 0.352 e. The zero-order valence-corrected chi connectivity index (χ0v) is 16.8. The number of anilines is 1. The number of hydrogen-bond acceptors (Lipinski definition) is 5. The molecule has 2 aromatic heterocycles. The SMILES string of the molecule is CCc1nc(N2CCN(C(=O)Cc3cccc(Cl)c3)CC2)c2ccsc2n1. The molecule has 4 rings (SSSR count). The number of amides is 1. The molecule has 0 bridgehead atoms. The molecule has 0 atom stereocenters. The number of thiophene rings is 1. The Labute approximate surface area is 167 Å². The summed E-state index contributed by atoms with van der Waals surface area (Å²) in [6.07, 6.45) is 1.21. The number of benzene rings is 1. The van der Waals surface area contributed by atoms with Crippen molar-refractivity contribution < 1.29 is 4.79 Å². The molecule has 0 saturated carbocycles. The molecule has 5 nitrogen and oxygen atoms in total. The first-order valence-electron chi connectivity index (χ1n) is 9.15. The topological polar surface area (TPSA) is 49.3 Å². The van der Waals surface area contributed by atoms with Gasteiger partial charge in [0, 0.05) is 37.6 Å². The molecule has 7 heteroatoms. The predicted molar refractivity (Wildman–Crippen MR) is 111 cm³/mol. The maximum absolute atomic E-state index is 12.6. The first-order chi connectivity index (χ1) is 13.1. The second-order valence-corrected chi connectivity index (χ2v) is 7.96. The number of fused-ring (bicyclic) bond motifs is 1. The number of aryl methyl sites for hydroxylation is 1. The van der Waals surface area contributed by atoms with Gasteiger partial charge in [0.2, 0.25) is 5.91 Å². The smallest absolute Gasteiger partial charge is 0.227 e. The molecule has 3 heterocycles. The van der Waals surface area contributed by atoms with Crippen LogP contribution in [0.1, 0.15) is 18.3 Å². The lowest BCUT2D eigenvalue weighted by molar-refractivity contribution is -0.130. The Balaban J connectivity index is 1.44. The molecule has 0 radical (unpaired) electrons. The van der Waals surface area contributed by atoms with Crippen LogP contribution in [-0.2, 0) is 17.6 Å². The molecule has 1 aromatic carbocycles. The Kier molecular flexibility index (Phi) is 5.27. The minimum absolute atomic E-state index is 0.148. The average molecular weight is 401 g/mol. The van der Waals surface area contributed by atoms with Gasteiger partial charge in [0.25, 0.3) is 0 Å². The van der Waals surface area contributed by atoms with E-state index in [0.29, 0.717) is 24.5 Å². The van der Waals surface area contributed by atoms with E-state index in [-0.39, 0.29) is 5.91 Å². The van der Waals surface area contributed by atoms with E-state index in [1.807, 2.05) is 29.2 Å². The summed E-state index contributed by atoms with van der Waals surface area (Å²) in [6.45, 7) is 5.05. The molecular formula is C20H21ClN4OS. The number of carbonyl (C=O) groups is 1. The van der Waals surface area contributed by atoms with Gasteiger partial charge in [-0.2, -0.15) is 0 Å². The van der Waals surface area contributed by atoms with Crippen LogP contribution < -0.4 is 4.90 Å². The number of rotatable bonds is 4. The van der Waals surface area contributed by atoms with Crippen molar-refractivity contribution in [2.45, 2.75) is 19.8 Å². The minimum atomic E-state index is 0.148. The average Bonchev–Trinajstić information content (AvgIpc) is 3.16. The van der Waals surface area contributed by atoms with Gasteiger partial charge in [0.15, 0.2) is 0 Å². The molecule has 1 fully saturated rings. The molecule has 1 aliphatic rings. The third kappa shape index (κ3) is 3.92. The number of hydrogen-bond donors (Lipinski definition) is 0. The second-order valence-electron chi connectivity index (χ2n) is 6.63. The summed E-state index contributed by atoms with van der Waals surface area (Å²) in [5.74, 6) is 2.02. The van der Waals surface area contributed by atoms with Crippen molar-refractivity contribution in [2.75, 3.05) is 31.1 Å². The van der Waals surface area contributed by atoms with E-state index in [9.17, 15) is 4.79 Å². The molecule has 140 valence electrons. The molecule has 27 heavy (non-hydrogen) atoms. The van der Waals surface area contributed by atoms with Gasteiger partial charge in [-0.1, -0.05) is 30.7 Å². The zero-order valence-electron chi connectivity index (χ0n) is 15.2. The van der Waals surface area contributed by atoms with Crippen molar-refractivity contribution in [2.24, 2.45) is 0 Å². The number of aromatic nitrogens is 2. The van der Waals surface area contributed by atoms with Crippen LogP contribution in [-0.4, -0.2) is 47.0 Å². The first-order valence-corrected chi connectivity index (χ1v) is 10.4. The fraction of sp³-hybridized carbons (Fsp3) is 0.350. The van der Waals surface area contributed by atoms with Gasteiger partial charge < -0.3 is 9.80 Å². The third-order valence-corrected chi connectivity index (χ3v) is 5.89. The highest BCUT2D eigenvalue weighted by molar-refractivity contribution is 7.16. The summed E-state index contributed by atoms with van der Waals surface area (Å²) in [4.78, 5) is 27.3. The number of halogens is 1. The van der Waals surface area contributed by atoms with Gasteiger partial charge in [-0.25, -0.2) is 9.97 Å². The Bertz CT molecular complexity index is 966. The van der Waals surface area contributed by atoms with Crippen molar-refractivity contribution in [1.82, 2.24) is 14.9 Å². The highest BCUT2D eigenvalue weighted by atomic mass is 35.5. The highest BCUT2D eigenvalue weighted by Gasteiger charge is 2.24. The van der Waals surface area contributed by atoms with E-state index in [4.69, 9.17) is 16.6 Å². The van der Waals surface area contributed by atoms with Crippen LogP contribution in [0.2, 0.25) is 5.02 Å². The number of nitrogens with zero attached hydrogens (tertiary/aromatic N) is 4. The van der Waals surface area contributed by atoms with Crippen LogP contribution in [0.5, 0.6) is 0 Å². The zero-order chi connectivity index (χ0) is 18.8. The first kappa shape index (κ1) is 18.2. The molecule has 1 saturated heterocycles. The van der Waals surface area contributed by atoms with Crippen LogP contribution in [0.4, 0.5) is 5.82 Å². The molecule has 3 aromatic rings. The number of piperazine rings is 1. The van der Waals surface area contributed by atoms with E-state index in [2.05, 4.69) is 28.3 Å². The Hall–Kier alpha value is -2.18. The lowest BCUT2D eigenvalue weighted by Gasteiger charge is -2.35. The van der Waals surface area contributed by atoms with Gasteiger partial charge >= 0.3 is 0 Å². The molecule has 0 spiro atoms. The minimum Gasteiger partial charge on any atom is -0.352 e. The monoisotopic (exact) mass is 400 g/mol. The van der Waals surface area contributed by atoms with E-state index >= 15 is 0 Å². The Morgan fingerprint density at radius 3 is 2.74 bits per heavy atom. The van der Waals surface area contributed by atoms with Crippen LogP contribution in [0.15, 0.2) is 35.7 Å². The van der Waals surface area contributed by atoms with Crippen molar-refractivity contribution in [3.63, 3.8) is 0 Å². The summed E-state index contributed by atoms with van der Waals surface area (Å²) >= 11 is 7.67. The van der Waals surface area contributed by atoms with E-state index in [1.165, 1.54) is 0 Å². The lowest BCUT2D eigenvalue weighted by Crippen LogP contribution is -2.49. The van der Waals surface area contributed by atoms with Crippen molar-refractivity contribution in [1.29, 1.82) is 0 Å². The summed E-state index contributed by atoms with van der Waals surface area (Å²) in [7, 11) is 0. The lowest BCUT2D eigenvalue weighted by atomic mass is 10.1. The Morgan fingerprint density at radius 2 is 2.00 bits per heavy atom. The summed E-state index contributed by atoms with van der Waals surface area (Å²) in [6, 6.07) is 9.60. The molecule has 0 unspecified atom stereocenters. The second kappa shape index (κ2) is 7.82. The molecule has 0 N–H and O–H groups in total. The van der Waals surface area contributed by atoms with Crippen molar-refractivity contribution >= 4 is 44.9 Å². The third-order valence-electron chi connectivity index (χ3n) is 4.84. The van der Waals surface area contributed by atoms with Crippen LogP contribution in [0, 0.1) is 0 Å². The number of carbonyl (C=O) groups excluding carboxylic acids is 1. The maximum atomic E-state index is 12.6. The van der Waals surface area contributed by atoms with Crippen molar-refractivity contribution in [3.05, 3.63) is 52.1 Å². The van der Waals surface area contributed by atoms with Crippen LogP contribution in [0.25, 0.3) is 10.2 Å². The highest BCUT2D eigenvalue weighted by Crippen LogP contribution is 2.28. The predicted octanol–water partition coefficient (Wildman–Crippen LogP) is 3.80. The standard InChI is InChI=1S/C20H21ClN4OS/c1-2-17-22-19(16-6-11-27-20(16)23-17)25-9-7-24(8-10-25)18(26)13-14-4-3-5-15(21)12-14/h3-6,11-12H,2,7-10,13H2,1H3. The fourth-order valence-electron chi connectivity index (χ4n) is 3.38. The summed E-state index contributed by atoms with van der Waals surface area (Å²) in [5, 5.41) is 3.84. The Morgan fingerprint density at radius 1 is 1.19 bits per heavy atom. The summed E-state index contributed by atoms with van der Waals surface area (Å²) in [5.41, 5.74) is 0.957. The molecule has 1 aliphatic heterocycles. The van der Waals surface area contributed by atoms with E-state index in [0.717, 1.165) is 46.9 Å². The molecule has 1 amide bonds. The van der Waals surface area contributed by atoms with Crippen LogP contribution in [0.3, 0.4) is 0 Å². The van der Waals surface area contributed by atoms with Gasteiger partial charge in [0.1, 0.15) is 16.5 Å². The molecule has 0 aliphatic carbocycles. The van der Waals surface area contributed by atoms with Gasteiger partial charge in [-0.15, -0.1) is 11.3 Å². The fourth-order valence-corrected chi connectivity index (χ4v) is 4.37. The van der Waals surface area contributed by atoms with Crippen molar-refractivity contribution in [3.8, 4) is 0 Å². The maximum Gasteiger partial charge on any atom is 0.227 e.